The molecule has 0 atom stereocenters. The molecule has 0 unspecified atom stereocenters. The predicted octanol–water partition coefficient (Wildman–Crippen LogP) is 2.77. The van der Waals surface area contributed by atoms with Gasteiger partial charge in [-0.2, -0.15) is 0 Å². The van der Waals surface area contributed by atoms with E-state index in [1.807, 2.05) is 12.1 Å². The number of thiocarbonyl (C=S) groups is 1. The summed E-state index contributed by atoms with van der Waals surface area (Å²) in [4.78, 5) is 2.48. The van der Waals surface area contributed by atoms with Crippen LogP contribution < -0.4 is 10.6 Å². The topological polar surface area (TPSA) is 27.3 Å². The lowest BCUT2D eigenvalue weighted by atomic mass is 10.1. The summed E-state index contributed by atoms with van der Waals surface area (Å²) >= 11 is 5.38. The van der Waals surface area contributed by atoms with Gasteiger partial charge in [0.25, 0.3) is 0 Å². The average molecular weight is 277 g/mol. The van der Waals surface area contributed by atoms with Crippen molar-refractivity contribution in [2.45, 2.75) is 32.7 Å². The van der Waals surface area contributed by atoms with Crippen LogP contribution in [0.25, 0.3) is 0 Å². The van der Waals surface area contributed by atoms with E-state index in [-0.39, 0.29) is 0 Å². The molecule has 1 aliphatic rings. The Hall–Kier alpha value is -1.13. The number of nitrogens with one attached hydrogen (secondary N) is 2. The summed E-state index contributed by atoms with van der Waals surface area (Å²) < 4.78 is 0. The number of hydrogen-bond acceptors (Lipinski definition) is 2. The molecule has 1 aliphatic heterocycles. The molecule has 4 heteroatoms. The van der Waals surface area contributed by atoms with Crippen LogP contribution in [0.5, 0.6) is 0 Å². The van der Waals surface area contributed by atoms with Gasteiger partial charge < -0.3 is 15.5 Å². The number of aryl methyl sites for hydroxylation is 1. The van der Waals surface area contributed by atoms with Crippen molar-refractivity contribution < 1.29 is 0 Å². The van der Waals surface area contributed by atoms with Gasteiger partial charge in [0, 0.05) is 24.8 Å². The van der Waals surface area contributed by atoms with E-state index in [9.17, 15) is 0 Å². The van der Waals surface area contributed by atoms with Gasteiger partial charge in [0.1, 0.15) is 0 Å². The van der Waals surface area contributed by atoms with Gasteiger partial charge in [0.2, 0.25) is 0 Å². The van der Waals surface area contributed by atoms with E-state index >= 15 is 0 Å². The molecule has 0 radical (unpaired) electrons. The number of nitrogens with zero attached hydrogens (tertiary/aromatic N) is 1. The maximum atomic E-state index is 5.38. The number of anilines is 1. The average Bonchev–Trinajstić information content (AvgIpc) is 2.39. The van der Waals surface area contributed by atoms with Crippen LogP contribution in [0.3, 0.4) is 0 Å². The van der Waals surface area contributed by atoms with E-state index in [0.717, 1.165) is 17.3 Å². The van der Waals surface area contributed by atoms with Crippen LogP contribution in [0.2, 0.25) is 0 Å². The lowest BCUT2D eigenvalue weighted by Gasteiger charge is -2.32. The summed E-state index contributed by atoms with van der Waals surface area (Å²) in [6.07, 6.45) is 2.34. The Morgan fingerprint density at radius 2 is 2.11 bits per heavy atom. The number of piperidine rings is 1. The van der Waals surface area contributed by atoms with Crippen LogP contribution in [-0.4, -0.2) is 35.7 Å². The molecule has 1 fully saturated rings. The third kappa shape index (κ3) is 4.48. The van der Waals surface area contributed by atoms with Crippen molar-refractivity contribution in [1.29, 1.82) is 0 Å². The fraction of sp³-hybridized carbons (Fsp3) is 0.533. The second-order valence-corrected chi connectivity index (χ2v) is 5.58. The Morgan fingerprint density at radius 1 is 1.37 bits per heavy atom. The smallest absolute Gasteiger partial charge is 0.170 e. The molecule has 3 nitrogen and oxygen atoms in total. The second kappa shape index (κ2) is 6.87. The number of hydrogen-bond donors (Lipinski definition) is 2. The molecule has 0 bridgehead atoms. The zero-order valence-corrected chi connectivity index (χ0v) is 12.6. The van der Waals surface area contributed by atoms with Crippen LogP contribution >= 0.6 is 12.2 Å². The first-order chi connectivity index (χ1) is 9.17. The van der Waals surface area contributed by atoms with E-state index in [4.69, 9.17) is 12.2 Å². The summed E-state index contributed by atoms with van der Waals surface area (Å²) in [6, 6.07) is 8.78. The van der Waals surface area contributed by atoms with Gasteiger partial charge in [-0.25, -0.2) is 0 Å². The van der Waals surface area contributed by atoms with Crippen LogP contribution in [-0.2, 0) is 0 Å². The maximum Gasteiger partial charge on any atom is 0.170 e. The van der Waals surface area contributed by atoms with Crippen LogP contribution in [0, 0.1) is 6.92 Å². The Morgan fingerprint density at radius 3 is 2.74 bits per heavy atom. The molecule has 2 rings (SSSR count). The standard InChI is InChI=1S/C15H23N3S/c1-3-18-9-7-13(8-10-18)16-15(19)17-14-6-4-5-12(2)11-14/h4-6,11,13H,3,7-10H2,1-2H3,(H2,16,17,19). The highest BCUT2D eigenvalue weighted by atomic mass is 32.1. The molecule has 1 aromatic rings. The Bertz CT molecular complexity index is 425. The Labute approximate surface area is 121 Å². The van der Waals surface area contributed by atoms with Crippen LogP contribution in [0.1, 0.15) is 25.3 Å². The first-order valence-electron chi connectivity index (χ1n) is 7.04. The molecule has 1 saturated heterocycles. The fourth-order valence-corrected chi connectivity index (χ4v) is 2.75. The highest BCUT2D eigenvalue weighted by Gasteiger charge is 2.18. The molecule has 1 heterocycles. The minimum Gasteiger partial charge on any atom is -0.360 e. The second-order valence-electron chi connectivity index (χ2n) is 5.18. The third-order valence-electron chi connectivity index (χ3n) is 3.65. The quantitative estimate of drug-likeness (QED) is 0.831. The summed E-state index contributed by atoms with van der Waals surface area (Å²) in [7, 11) is 0. The molecule has 104 valence electrons. The number of rotatable bonds is 3. The van der Waals surface area contributed by atoms with Crippen LogP contribution in [0.4, 0.5) is 5.69 Å². The summed E-state index contributed by atoms with van der Waals surface area (Å²) in [5, 5.41) is 7.42. The van der Waals surface area contributed by atoms with Crippen molar-refractivity contribution in [2.75, 3.05) is 25.0 Å². The monoisotopic (exact) mass is 277 g/mol. The van der Waals surface area contributed by atoms with E-state index in [2.05, 4.69) is 41.5 Å². The third-order valence-corrected chi connectivity index (χ3v) is 3.87. The summed E-state index contributed by atoms with van der Waals surface area (Å²) in [6.45, 7) is 7.79. The Kier molecular flexibility index (Phi) is 5.16. The summed E-state index contributed by atoms with van der Waals surface area (Å²) in [5.41, 5.74) is 2.30. The van der Waals surface area contributed by atoms with Crippen molar-refractivity contribution in [3.05, 3.63) is 29.8 Å². The van der Waals surface area contributed by atoms with Crippen LogP contribution in [0.15, 0.2) is 24.3 Å². The fourth-order valence-electron chi connectivity index (χ4n) is 2.47. The lowest BCUT2D eigenvalue weighted by molar-refractivity contribution is 0.216. The van der Waals surface area contributed by atoms with Gasteiger partial charge in [-0.1, -0.05) is 19.1 Å². The van der Waals surface area contributed by atoms with Gasteiger partial charge in [-0.15, -0.1) is 0 Å². The summed E-state index contributed by atoms with van der Waals surface area (Å²) in [5.74, 6) is 0. The van der Waals surface area contributed by atoms with Gasteiger partial charge in [0.15, 0.2) is 5.11 Å². The molecule has 0 amide bonds. The molecular formula is C15H23N3S. The van der Waals surface area contributed by atoms with Gasteiger partial charge >= 0.3 is 0 Å². The number of benzene rings is 1. The van der Waals surface area contributed by atoms with Crippen molar-refractivity contribution in [1.82, 2.24) is 10.2 Å². The molecule has 0 spiro atoms. The largest absolute Gasteiger partial charge is 0.360 e. The predicted molar refractivity (Wildman–Crippen MR) is 85.7 cm³/mol. The normalized spacial score (nSPS) is 17.2. The molecule has 0 aliphatic carbocycles. The van der Waals surface area contributed by atoms with Crippen molar-refractivity contribution in [2.24, 2.45) is 0 Å². The molecule has 19 heavy (non-hydrogen) atoms. The highest BCUT2D eigenvalue weighted by molar-refractivity contribution is 7.80. The molecule has 0 aromatic heterocycles. The van der Waals surface area contributed by atoms with E-state index < -0.39 is 0 Å². The lowest BCUT2D eigenvalue weighted by Crippen LogP contribution is -2.45. The van der Waals surface area contributed by atoms with Crippen molar-refractivity contribution in [3.8, 4) is 0 Å². The van der Waals surface area contributed by atoms with Crippen molar-refractivity contribution >= 4 is 23.0 Å². The van der Waals surface area contributed by atoms with Gasteiger partial charge in [-0.05, 0) is 56.2 Å². The Balaban J connectivity index is 1.79. The van der Waals surface area contributed by atoms with E-state index in [1.54, 1.807) is 0 Å². The zero-order valence-electron chi connectivity index (χ0n) is 11.8. The number of likely N-dealkylation sites (tertiary alicyclic amines) is 1. The zero-order chi connectivity index (χ0) is 13.7. The molecule has 0 saturated carbocycles. The molecule has 2 N–H and O–H groups in total. The molecule has 1 aromatic carbocycles. The van der Waals surface area contributed by atoms with Crippen molar-refractivity contribution in [3.63, 3.8) is 0 Å². The SMILES string of the molecule is CCN1CCC(NC(=S)Nc2cccc(C)c2)CC1. The van der Waals surface area contributed by atoms with E-state index in [1.165, 1.54) is 31.5 Å². The highest BCUT2D eigenvalue weighted by Crippen LogP contribution is 2.12. The first kappa shape index (κ1) is 14.3. The van der Waals surface area contributed by atoms with E-state index in [0.29, 0.717) is 6.04 Å². The maximum absolute atomic E-state index is 5.38. The van der Waals surface area contributed by atoms with Gasteiger partial charge in [-0.3, -0.25) is 0 Å². The minimum atomic E-state index is 0.507. The minimum absolute atomic E-state index is 0.507. The molecular weight excluding hydrogens is 254 g/mol. The van der Waals surface area contributed by atoms with Gasteiger partial charge in [0.05, 0.1) is 0 Å². The first-order valence-corrected chi connectivity index (χ1v) is 7.44.